The lowest BCUT2D eigenvalue weighted by molar-refractivity contribution is -0.120. The van der Waals surface area contributed by atoms with E-state index in [1.54, 1.807) is 21.3 Å². The number of rotatable bonds is 7. The van der Waals surface area contributed by atoms with Crippen molar-refractivity contribution in [1.29, 1.82) is 0 Å². The van der Waals surface area contributed by atoms with Gasteiger partial charge in [0.05, 0.1) is 38.5 Å². The molecule has 0 aliphatic carbocycles. The van der Waals surface area contributed by atoms with Crippen molar-refractivity contribution in [2.45, 2.75) is 19.9 Å². The molecule has 0 fully saturated rings. The first kappa shape index (κ1) is 17.1. The van der Waals surface area contributed by atoms with Crippen LogP contribution in [0, 0.1) is 6.92 Å². The number of thiazole rings is 1. The topological polar surface area (TPSA) is 69.7 Å². The van der Waals surface area contributed by atoms with E-state index in [1.807, 2.05) is 24.4 Å². The number of carbonyl (C=O) groups excluding carboxylic acids is 1. The summed E-state index contributed by atoms with van der Waals surface area (Å²) in [6, 6.07) is 3.63. The van der Waals surface area contributed by atoms with E-state index in [9.17, 15) is 4.79 Å². The van der Waals surface area contributed by atoms with Crippen molar-refractivity contribution in [3.8, 4) is 17.2 Å². The molecular weight excluding hydrogens is 316 g/mol. The van der Waals surface area contributed by atoms with E-state index in [4.69, 9.17) is 14.2 Å². The number of amides is 1. The molecule has 0 unspecified atom stereocenters. The lowest BCUT2D eigenvalue weighted by Crippen LogP contribution is -2.24. The van der Waals surface area contributed by atoms with Gasteiger partial charge in [0.25, 0.3) is 0 Å². The van der Waals surface area contributed by atoms with Crippen molar-refractivity contribution >= 4 is 17.2 Å². The summed E-state index contributed by atoms with van der Waals surface area (Å²) in [5.41, 5.74) is 1.65. The Morgan fingerprint density at radius 2 is 1.83 bits per heavy atom. The normalized spacial score (nSPS) is 10.3. The van der Waals surface area contributed by atoms with Crippen molar-refractivity contribution in [1.82, 2.24) is 10.3 Å². The monoisotopic (exact) mass is 336 g/mol. The molecular formula is C16H20N2O4S. The number of aromatic nitrogens is 1. The molecule has 2 aromatic rings. The number of aryl methyl sites for hydroxylation is 1. The third-order valence-electron chi connectivity index (χ3n) is 3.22. The molecule has 0 spiro atoms. The molecule has 0 radical (unpaired) electrons. The van der Waals surface area contributed by atoms with Crippen LogP contribution < -0.4 is 19.5 Å². The number of ether oxygens (including phenoxy) is 3. The first-order chi connectivity index (χ1) is 11.1. The molecule has 0 saturated carbocycles. The van der Waals surface area contributed by atoms with Gasteiger partial charge < -0.3 is 19.5 Å². The van der Waals surface area contributed by atoms with Crippen LogP contribution in [-0.4, -0.2) is 32.2 Å². The Labute approximate surface area is 139 Å². The molecule has 124 valence electrons. The Kier molecular flexibility index (Phi) is 5.81. The van der Waals surface area contributed by atoms with Gasteiger partial charge in [-0.05, 0) is 24.6 Å². The second-order valence-electron chi connectivity index (χ2n) is 4.84. The Morgan fingerprint density at radius 1 is 1.17 bits per heavy atom. The highest BCUT2D eigenvalue weighted by molar-refractivity contribution is 7.09. The molecule has 1 aromatic carbocycles. The van der Waals surface area contributed by atoms with E-state index >= 15 is 0 Å². The Bertz CT molecular complexity index is 659. The smallest absolute Gasteiger partial charge is 0.226 e. The van der Waals surface area contributed by atoms with E-state index in [2.05, 4.69) is 10.3 Å². The zero-order valence-corrected chi connectivity index (χ0v) is 14.5. The fraction of sp³-hybridized carbons (Fsp3) is 0.375. The molecule has 0 bridgehead atoms. The van der Waals surface area contributed by atoms with Gasteiger partial charge in [-0.3, -0.25) is 4.79 Å². The Morgan fingerprint density at radius 3 is 2.30 bits per heavy atom. The van der Waals surface area contributed by atoms with Gasteiger partial charge in [-0.25, -0.2) is 4.98 Å². The molecule has 0 atom stereocenters. The summed E-state index contributed by atoms with van der Waals surface area (Å²) >= 11 is 1.54. The van der Waals surface area contributed by atoms with Crippen LogP contribution >= 0.6 is 11.3 Å². The quantitative estimate of drug-likeness (QED) is 0.840. The average molecular weight is 336 g/mol. The van der Waals surface area contributed by atoms with Crippen LogP contribution in [0.2, 0.25) is 0 Å². The second-order valence-corrected chi connectivity index (χ2v) is 5.91. The number of hydrogen-bond acceptors (Lipinski definition) is 6. The van der Waals surface area contributed by atoms with Crippen LogP contribution in [0.15, 0.2) is 17.5 Å². The van der Waals surface area contributed by atoms with Gasteiger partial charge in [-0.15, -0.1) is 11.3 Å². The van der Waals surface area contributed by atoms with Crippen molar-refractivity contribution in [3.63, 3.8) is 0 Å². The Balaban J connectivity index is 2.03. The summed E-state index contributed by atoms with van der Waals surface area (Å²) in [5.74, 6) is 1.57. The Hall–Kier alpha value is -2.28. The van der Waals surface area contributed by atoms with Crippen LogP contribution in [0.3, 0.4) is 0 Å². The van der Waals surface area contributed by atoms with Gasteiger partial charge in [0, 0.05) is 11.9 Å². The fourth-order valence-corrected chi connectivity index (χ4v) is 2.77. The molecule has 0 aliphatic heterocycles. The largest absolute Gasteiger partial charge is 0.493 e. The standard InChI is InChI=1S/C16H20N2O4S/c1-10-18-12(9-23-10)7-15(19)17-8-11-5-13(20-2)16(22-4)14(6-11)21-3/h5-6,9H,7-8H2,1-4H3,(H,17,19). The van der Waals surface area contributed by atoms with Crippen molar-refractivity contribution in [2.75, 3.05) is 21.3 Å². The maximum absolute atomic E-state index is 12.0. The highest BCUT2D eigenvalue weighted by atomic mass is 32.1. The van der Waals surface area contributed by atoms with Crippen molar-refractivity contribution in [3.05, 3.63) is 33.8 Å². The van der Waals surface area contributed by atoms with E-state index in [-0.39, 0.29) is 12.3 Å². The van der Waals surface area contributed by atoms with E-state index in [0.29, 0.717) is 23.8 Å². The van der Waals surface area contributed by atoms with Gasteiger partial charge in [0.2, 0.25) is 11.7 Å². The molecule has 1 N–H and O–H groups in total. The van der Waals surface area contributed by atoms with Gasteiger partial charge in [-0.2, -0.15) is 0 Å². The van der Waals surface area contributed by atoms with Gasteiger partial charge >= 0.3 is 0 Å². The summed E-state index contributed by atoms with van der Waals surface area (Å²) in [6.45, 7) is 2.29. The molecule has 2 rings (SSSR count). The first-order valence-corrected chi connectivity index (χ1v) is 7.92. The molecule has 0 aliphatic rings. The van der Waals surface area contributed by atoms with Crippen molar-refractivity contribution in [2.24, 2.45) is 0 Å². The highest BCUT2D eigenvalue weighted by Crippen LogP contribution is 2.38. The van der Waals surface area contributed by atoms with E-state index in [1.165, 1.54) is 11.3 Å². The number of methoxy groups -OCH3 is 3. The molecule has 7 heteroatoms. The second kappa shape index (κ2) is 7.82. The predicted molar refractivity (Wildman–Crippen MR) is 88.5 cm³/mol. The maximum atomic E-state index is 12.0. The zero-order chi connectivity index (χ0) is 16.8. The molecule has 1 amide bonds. The summed E-state index contributed by atoms with van der Waals surface area (Å²) in [6.07, 6.45) is 0.273. The molecule has 23 heavy (non-hydrogen) atoms. The van der Waals surface area contributed by atoms with Crippen LogP contribution in [0.5, 0.6) is 17.2 Å². The maximum Gasteiger partial charge on any atom is 0.226 e. The van der Waals surface area contributed by atoms with E-state index in [0.717, 1.165) is 16.3 Å². The minimum atomic E-state index is -0.0796. The lowest BCUT2D eigenvalue weighted by atomic mass is 10.1. The third kappa shape index (κ3) is 4.35. The number of nitrogens with one attached hydrogen (secondary N) is 1. The van der Waals surface area contributed by atoms with E-state index < -0.39 is 0 Å². The van der Waals surface area contributed by atoms with Gasteiger partial charge in [-0.1, -0.05) is 0 Å². The number of benzene rings is 1. The molecule has 0 saturated heterocycles. The first-order valence-electron chi connectivity index (χ1n) is 7.04. The predicted octanol–water partition coefficient (Wildman–Crippen LogP) is 2.34. The summed E-state index contributed by atoms with van der Waals surface area (Å²) < 4.78 is 15.9. The van der Waals surface area contributed by atoms with Gasteiger partial charge in [0.1, 0.15) is 0 Å². The lowest BCUT2D eigenvalue weighted by Gasteiger charge is -2.14. The SMILES string of the molecule is COc1cc(CNC(=O)Cc2csc(C)n2)cc(OC)c1OC. The molecule has 6 nitrogen and oxygen atoms in total. The minimum absolute atomic E-state index is 0.0796. The number of carbonyl (C=O) groups is 1. The molecule has 1 aromatic heterocycles. The van der Waals surface area contributed by atoms with Crippen LogP contribution in [0.25, 0.3) is 0 Å². The summed E-state index contributed by atoms with van der Waals surface area (Å²) in [7, 11) is 4.67. The summed E-state index contributed by atoms with van der Waals surface area (Å²) in [4.78, 5) is 16.3. The average Bonchev–Trinajstić information content (AvgIpc) is 2.96. The number of nitrogens with zero attached hydrogens (tertiary/aromatic N) is 1. The van der Waals surface area contributed by atoms with Crippen LogP contribution in [0.4, 0.5) is 0 Å². The van der Waals surface area contributed by atoms with Crippen LogP contribution in [0.1, 0.15) is 16.3 Å². The zero-order valence-electron chi connectivity index (χ0n) is 13.6. The highest BCUT2D eigenvalue weighted by Gasteiger charge is 2.14. The van der Waals surface area contributed by atoms with Crippen LogP contribution in [-0.2, 0) is 17.8 Å². The minimum Gasteiger partial charge on any atom is -0.493 e. The number of hydrogen-bond donors (Lipinski definition) is 1. The van der Waals surface area contributed by atoms with Crippen molar-refractivity contribution < 1.29 is 19.0 Å². The fourth-order valence-electron chi connectivity index (χ4n) is 2.15. The summed E-state index contributed by atoms with van der Waals surface area (Å²) in [5, 5.41) is 5.72. The molecule has 1 heterocycles. The third-order valence-corrected chi connectivity index (χ3v) is 4.04. The van der Waals surface area contributed by atoms with Gasteiger partial charge in [0.15, 0.2) is 11.5 Å².